The highest BCUT2D eigenvalue weighted by Crippen LogP contribution is 2.24. The van der Waals surface area contributed by atoms with E-state index in [0.29, 0.717) is 24.9 Å². The second-order valence-electron chi connectivity index (χ2n) is 8.71. The Hall–Kier alpha value is -3.20. The van der Waals surface area contributed by atoms with Gasteiger partial charge in [-0.3, -0.25) is 14.6 Å². The van der Waals surface area contributed by atoms with Crippen LogP contribution >= 0.6 is 0 Å². The van der Waals surface area contributed by atoms with Gasteiger partial charge in [0.1, 0.15) is 12.4 Å². The van der Waals surface area contributed by atoms with Gasteiger partial charge in [0, 0.05) is 31.4 Å². The first-order valence-corrected chi connectivity index (χ1v) is 11.0. The first kappa shape index (κ1) is 22.0. The Bertz CT molecular complexity index is 943. The highest BCUT2D eigenvalue weighted by Gasteiger charge is 2.29. The number of likely N-dealkylation sites (tertiary alicyclic amines) is 1. The molecule has 9 heteroatoms. The molecule has 0 aliphatic carbocycles. The topological polar surface area (TPSA) is 99.7 Å². The number of amides is 2. The van der Waals surface area contributed by atoms with E-state index in [2.05, 4.69) is 63.6 Å². The van der Waals surface area contributed by atoms with E-state index in [-0.39, 0.29) is 17.7 Å². The quantitative estimate of drug-likeness (QED) is 0.611. The van der Waals surface area contributed by atoms with Gasteiger partial charge < -0.3 is 15.4 Å². The van der Waals surface area contributed by atoms with Gasteiger partial charge in [-0.1, -0.05) is 24.3 Å². The summed E-state index contributed by atoms with van der Waals surface area (Å²) in [5.74, 6) is 1.01. The van der Waals surface area contributed by atoms with Gasteiger partial charge in [-0.15, -0.1) is 0 Å². The fourth-order valence-electron chi connectivity index (χ4n) is 4.11. The Morgan fingerprint density at radius 3 is 2.59 bits per heavy atom. The van der Waals surface area contributed by atoms with Crippen LogP contribution in [0.1, 0.15) is 43.9 Å². The van der Waals surface area contributed by atoms with Crippen LogP contribution in [-0.4, -0.2) is 59.2 Å². The minimum atomic E-state index is -0.378. The number of hydrogen-bond acceptors (Lipinski definition) is 7. The predicted octanol–water partition coefficient (Wildman–Crippen LogP) is 2.71. The van der Waals surface area contributed by atoms with Crippen molar-refractivity contribution in [2.45, 2.75) is 44.8 Å². The number of nitrogens with zero attached hydrogens (tertiary/aromatic N) is 4. The van der Waals surface area contributed by atoms with Crippen molar-refractivity contribution in [1.82, 2.24) is 20.2 Å². The molecule has 0 saturated carbocycles. The zero-order chi connectivity index (χ0) is 22.6. The van der Waals surface area contributed by atoms with Crippen molar-refractivity contribution in [2.75, 3.05) is 36.5 Å². The van der Waals surface area contributed by atoms with E-state index >= 15 is 0 Å². The number of anilines is 2. The fourth-order valence-corrected chi connectivity index (χ4v) is 4.11. The van der Waals surface area contributed by atoms with E-state index in [4.69, 9.17) is 4.74 Å². The van der Waals surface area contributed by atoms with E-state index in [1.807, 2.05) is 0 Å². The normalized spacial score (nSPS) is 19.3. The Balaban J connectivity index is 1.32. The zero-order valence-corrected chi connectivity index (χ0v) is 18.6. The summed E-state index contributed by atoms with van der Waals surface area (Å²) in [7, 11) is 0. The number of aromatic nitrogens is 2. The standard InChI is InChI=1S/C23H30N6O3/c1-17(26-21-24-10-7-20(27-21)29-13-14-32-22(29)31)19-5-3-18(4-6-19)15-28-11-8-23(2,9-12-28)25-16-30/h3-7,10,16-17H,8-9,11-15H2,1-2H3,(H,25,30)(H,24,26,27). The lowest BCUT2D eigenvalue weighted by molar-refractivity contribution is -0.111. The van der Waals surface area contributed by atoms with Crippen LogP contribution in [0.15, 0.2) is 36.5 Å². The number of nitrogens with one attached hydrogen (secondary N) is 2. The molecule has 32 heavy (non-hydrogen) atoms. The van der Waals surface area contributed by atoms with E-state index in [1.165, 1.54) is 10.5 Å². The lowest BCUT2D eigenvalue weighted by Gasteiger charge is -2.39. The van der Waals surface area contributed by atoms with Crippen molar-refractivity contribution < 1.29 is 14.3 Å². The summed E-state index contributed by atoms with van der Waals surface area (Å²) in [6.07, 6.45) is 3.99. The van der Waals surface area contributed by atoms with Crippen LogP contribution in [0.5, 0.6) is 0 Å². The average molecular weight is 439 g/mol. The maximum atomic E-state index is 11.8. The summed E-state index contributed by atoms with van der Waals surface area (Å²) in [5, 5.41) is 6.27. The van der Waals surface area contributed by atoms with E-state index in [0.717, 1.165) is 44.4 Å². The summed E-state index contributed by atoms with van der Waals surface area (Å²) in [4.78, 5) is 35.2. The third-order valence-electron chi connectivity index (χ3n) is 6.28. The number of carbonyl (C=O) groups excluding carboxylic acids is 2. The molecule has 2 fully saturated rings. The highest BCUT2D eigenvalue weighted by atomic mass is 16.6. The van der Waals surface area contributed by atoms with Crippen molar-refractivity contribution in [2.24, 2.45) is 0 Å². The van der Waals surface area contributed by atoms with Crippen molar-refractivity contribution in [3.8, 4) is 0 Å². The molecule has 2 aliphatic heterocycles. The summed E-state index contributed by atoms with van der Waals surface area (Å²) in [5.41, 5.74) is 2.31. The maximum Gasteiger partial charge on any atom is 0.415 e. The van der Waals surface area contributed by atoms with Crippen LogP contribution in [0.2, 0.25) is 0 Å². The van der Waals surface area contributed by atoms with Gasteiger partial charge in [0.25, 0.3) is 0 Å². The number of piperidine rings is 1. The van der Waals surface area contributed by atoms with E-state index < -0.39 is 0 Å². The van der Waals surface area contributed by atoms with Crippen LogP contribution in [-0.2, 0) is 16.1 Å². The Labute approximate surface area is 188 Å². The summed E-state index contributed by atoms with van der Waals surface area (Å²) < 4.78 is 4.98. The molecule has 9 nitrogen and oxygen atoms in total. The molecule has 0 bridgehead atoms. The SMILES string of the molecule is CC(Nc1nccc(N2CCOC2=O)n1)c1ccc(CN2CCC(C)(NC=O)CC2)cc1. The number of carbonyl (C=O) groups is 2. The third kappa shape index (κ3) is 5.16. The molecule has 1 atom stereocenters. The second-order valence-corrected chi connectivity index (χ2v) is 8.71. The maximum absolute atomic E-state index is 11.8. The Morgan fingerprint density at radius 1 is 1.19 bits per heavy atom. The zero-order valence-electron chi connectivity index (χ0n) is 18.6. The molecule has 2 saturated heterocycles. The number of cyclic esters (lactones) is 1. The van der Waals surface area contributed by atoms with E-state index in [9.17, 15) is 9.59 Å². The lowest BCUT2D eigenvalue weighted by atomic mass is 9.89. The largest absolute Gasteiger partial charge is 0.447 e. The number of ether oxygens (including phenoxy) is 1. The molecule has 2 aromatic rings. The molecule has 3 heterocycles. The van der Waals surface area contributed by atoms with Crippen molar-refractivity contribution in [3.05, 3.63) is 47.7 Å². The summed E-state index contributed by atoms with van der Waals surface area (Å²) in [6.45, 7) is 7.87. The Morgan fingerprint density at radius 2 is 1.94 bits per heavy atom. The lowest BCUT2D eigenvalue weighted by Crippen LogP contribution is -2.50. The highest BCUT2D eigenvalue weighted by molar-refractivity contribution is 5.88. The number of rotatable bonds is 8. The third-order valence-corrected chi connectivity index (χ3v) is 6.28. The van der Waals surface area contributed by atoms with Crippen LogP contribution in [0.3, 0.4) is 0 Å². The first-order chi connectivity index (χ1) is 15.5. The van der Waals surface area contributed by atoms with Gasteiger partial charge >= 0.3 is 6.09 Å². The first-order valence-electron chi connectivity index (χ1n) is 11.0. The van der Waals surface area contributed by atoms with Crippen LogP contribution in [0.25, 0.3) is 0 Å². The molecule has 0 spiro atoms. The molecule has 2 amide bonds. The molecule has 0 radical (unpaired) electrons. The van der Waals surface area contributed by atoms with Gasteiger partial charge in [0.2, 0.25) is 12.4 Å². The van der Waals surface area contributed by atoms with Crippen molar-refractivity contribution >= 4 is 24.3 Å². The van der Waals surface area contributed by atoms with E-state index in [1.54, 1.807) is 12.3 Å². The van der Waals surface area contributed by atoms with Crippen LogP contribution in [0.4, 0.5) is 16.6 Å². The minimum Gasteiger partial charge on any atom is -0.447 e. The fraction of sp³-hybridized carbons (Fsp3) is 0.478. The van der Waals surface area contributed by atoms with Gasteiger partial charge in [0.15, 0.2) is 0 Å². The predicted molar refractivity (Wildman–Crippen MR) is 121 cm³/mol. The number of hydrogen-bond donors (Lipinski definition) is 2. The monoisotopic (exact) mass is 438 g/mol. The second kappa shape index (κ2) is 9.52. The molecule has 1 unspecified atom stereocenters. The molecular weight excluding hydrogens is 408 g/mol. The summed E-state index contributed by atoms with van der Waals surface area (Å²) in [6, 6.07) is 10.3. The van der Waals surface area contributed by atoms with Gasteiger partial charge in [0.05, 0.1) is 12.6 Å². The van der Waals surface area contributed by atoms with Gasteiger partial charge in [-0.05, 0) is 43.9 Å². The average Bonchev–Trinajstić information content (AvgIpc) is 3.22. The molecular formula is C23H30N6O3. The molecule has 170 valence electrons. The summed E-state index contributed by atoms with van der Waals surface area (Å²) >= 11 is 0. The van der Waals surface area contributed by atoms with Crippen LogP contribution < -0.4 is 15.5 Å². The van der Waals surface area contributed by atoms with Crippen molar-refractivity contribution in [1.29, 1.82) is 0 Å². The molecule has 2 N–H and O–H groups in total. The van der Waals surface area contributed by atoms with Crippen LogP contribution in [0, 0.1) is 0 Å². The molecule has 1 aromatic carbocycles. The Kier molecular flexibility index (Phi) is 6.55. The number of benzene rings is 1. The van der Waals surface area contributed by atoms with Crippen molar-refractivity contribution in [3.63, 3.8) is 0 Å². The minimum absolute atomic E-state index is 0.00920. The smallest absolute Gasteiger partial charge is 0.415 e. The molecule has 1 aromatic heterocycles. The van der Waals surface area contributed by atoms with Gasteiger partial charge in [-0.2, -0.15) is 4.98 Å². The van der Waals surface area contributed by atoms with Gasteiger partial charge in [-0.25, -0.2) is 9.78 Å². The molecule has 4 rings (SSSR count). The molecule has 2 aliphatic rings.